The van der Waals surface area contributed by atoms with Gasteiger partial charge in [-0.3, -0.25) is 29.2 Å². The number of aromatic hydroxyl groups is 1. The zero-order valence-electron chi connectivity index (χ0n) is 49.6. The number of anilines is 3. The number of hydrogen-bond donors (Lipinski definition) is 7. The maximum absolute atomic E-state index is 12.6. The fourth-order valence-corrected chi connectivity index (χ4v) is 9.52. The highest BCUT2D eigenvalue weighted by Gasteiger charge is 2.25. The number of rotatable bonds is 29. The summed E-state index contributed by atoms with van der Waals surface area (Å²) in [4.78, 5) is 67.4. The number of methoxy groups -OCH3 is 1. The molecule has 9 aromatic rings. The Morgan fingerprint density at radius 3 is 1.44 bits per heavy atom. The topological polar surface area (TPSA) is 344 Å². The van der Waals surface area contributed by atoms with Gasteiger partial charge in [-0.1, -0.05) is 72.8 Å². The third-order valence-corrected chi connectivity index (χ3v) is 14.3. The molecule has 0 fully saturated rings. The second-order valence-electron chi connectivity index (χ2n) is 19.3. The van der Waals surface area contributed by atoms with E-state index in [-0.39, 0.29) is 80.1 Å². The lowest BCUT2D eigenvalue weighted by Gasteiger charge is -2.13. The van der Waals surface area contributed by atoms with Crippen LogP contribution in [0.5, 0.6) is 46.0 Å². The molecule has 0 aliphatic rings. The van der Waals surface area contributed by atoms with Crippen LogP contribution in [0.2, 0.25) is 0 Å². The van der Waals surface area contributed by atoms with Gasteiger partial charge in [-0.25, -0.2) is 18.0 Å². The Kier molecular flexibility index (Phi) is 25.4. The molecule has 9 rings (SSSR count). The number of aryl methyl sites for hydroxylation is 1. The number of nitro benzene ring substituents is 1. The number of ether oxygens (including phenoxy) is 7. The van der Waals surface area contributed by atoms with Crippen molar-refractivity contribution < 1.29 is 90.9 Å². The van der Waals surface area contributed by atoms with E-state index in [1.807, 2.05) is 18.2 Å². The molecule has 24 nitrogen and oxygen atoms in total. The average molecular weight is 1290 g/mol. The average Bonchev–Trinajstić information content (AvgIpc) is 0.926. The highest BCUT2D eigenvalue weighted by atomic mass is 32.2. The molecule has 2 amide bonds. The van der Waals surface area contributed by atoms with Crippen LogP contribution in [0.1, 0.15) is 53.4 Å². The zero-order valence-corrected chi connectivity index (χ0v) is 50.4. The van der Waals surface area contributed by atoms with Crippen LogP contribution in [0.25, 0.3) is 0 Å². The van der Waals surface area contributed by atoms with Crippen molar-refractivity contribution in [1.82, 2.24) is 0 Å². The Morgan fingerprint density at radius 2 is 0.925 bits per heavy atom. The number of amides is 2. The summed E-state index contributed by atoms with van der Waals surface area (Å²) in [6.07, 6.45) is 0.362. The van der Waals surface area contributed by atoms with E-state index >= 15 is 0 Å². The van der Waals surface area contributed by atoms with Gasteiger partial charge in [0.2, 0.25) is 0 Å². The minimum Gasteiger partial charge on any atom is -0.507 e. The van der Waals surface area contributed by atoms with Gasteiger partial charge in [0, 0.05) is 23.7 Å². The number of carboxylic acids is 3. The minimum absolute atomic E-state index is 0.00456. The largest absolute Gasteiger partial charge is 0.507 e. The molecule has 0 radical (unpaired) electrons. The lowest BCUT2D eigenvalue weighted by molar-refractivity contribution is -0.387. The Bertz CT molecular complexity index is 4110. The summed E-state index contributed by atoms with van der Waals surface area (Å²) in [6.45, 7) is 1.36. The standard InChI is InChI=1S/C23H22N2O8S.C23H21NO6.C22H19NO6/c26-23(27)14-9-17-5-1-3-7-21(17)33-16-15-32-19-12-10-18(11-13-19)24-34(30,31)22-8-4-2-6-20(22)25(28)29;1-28-19-6-4-5-17(15-19)22(25)24-20-7-2-3-8-21(20)30-14-13-29-18-11-9-16(10-12-18)23(26)27;24-19-7-3-1-5-17(19)21(25)23-18-6-2-4-8-20(18)29-14-13-28-16-11-9-15(10-12-16)22(26)27/h1-8,10-13,24H,9,14-16H2,(H,26,27);2-12,15H,13-14H2,1H3,(H,24,25)(H,26,27);1-12,24H,13-14H2,(H,23,25)(H,26,27). The number of phenolic OH excluding ortho intramolecular Hbond substituents is 1. The lowest BCUT2D eigenvalue weighted by Crippen LogP contribution is -2.14. The fraction of sp³-hybridized carbons (Fsp3) is 0.132. The van der Waals surface area contributed by atoms with E-state index in [4.69, 9.17) is 48.5 Å². The third kappa shape index (κ3) is 21.6. The van der Waals surface area contributed by atoms with E-state index in [2.05, 4.69) is 15.4 Å². The van der Waals surface area contributed by atoms with Gasteiger partial charge in [0.05, 0.1) is 40.1 Å². The molecule has 0 atom stereocenters. The smallest absolute Gasteiger partial charge is 0.335 e. The Morgan fingerprint density at radius 1 is 0.473 bits per heavy atom. The van der Waals surface area contributed by atoms with Crippen molar-refractivity contribution in [3.05, 3.63) is 256 Å². The summed E-state index contributed by atoms with van der Waals surface area (Å²) in [6, 6.07) is 57.7. The Hall–Kier alpha value is -12.1. The van der Waals surface area contributed by atoms with Gasteiger partial charge >= 0.3 is 17.9 Å². The quantitative estimate of drug-likeness (QED) is 0.0130. The molecular formula is C68H62N4O20S. The number of benzene rings is 9. The molecule has 25 heteroatoms. The van der Waals surface area contributed by atoms with Crippen LogP contribution in [-0.2, 0) is 21.2 Å². The number of para-hydroxylation sites is 7. The predicted molar refractivity (Wildman–Crippen MR) is 342 cm³/mol. The van der Waals surface area contributed by atoms with Gasteiger partial charge in [-0.15, -0.1) is 0 Å². The Labute approximate surface area is 533 Å². The molecule has 0 unspecified atom stereocenters. The molecule has 93 heavy (non-hydrogen) atoms. The fourth-order valence-electron chi connectivity index (χ4n) is 8.28. The monoisotopic (exact) mass is 1290 g/mol. The summed E-state index contributed by atoms with van der Waals surface area (Å²) in [7, 11) is -2.61. The van der Waals surface area contributed by atoms with E-state index in [1.54, 1.807) is 135 Å². The molecule has 480 valence electrons. The molecule has 0 saturated carbocycles. The lowest BCUT2D eigenvalue weighted by atomic mass is 10.1. The number of aromatic carboxylic acids is 2. The maximum Gasteiger partial charge on any atom is 0.335 e. The van der Waals surface area contributed by atoms with Crippen LogP contribution in [-0.4, -0.2) is 110 Å². The molecule has 0 heterocycles. The summed E-state index contributed by atoms with van der Waals surface area (Å²) in [5.41, 5.74) is 2.51. The van der Waals surface area contributed by atoms with E-state index in [9.17, 15) is 47.6 Å². The molecule has 0 aliphatic carbocycles. The summed E-state index contributed by atoms with van der Waals surface area (Å²) >= 11 is 0. The highest BCUT2D eigenvalue weighted by molar-refractivity contribution is 7.92. The second kappa shape index (κ2) is 34.6. The number of hydrogen-bond acceptors (Lipinski definition) is 17. The van der Waals surface area contributed by atoms with Crippen LogP contribution in [0, 0.1) is 10.1 Å². The van der Waals surface area contributed by atoms with Crippen molar-refractivity contribution in [2.24, 2.45) is 0 Å². The maximum atomic E-state index is 12.6. The van der Waals surface area contributed by atoms with E-state index in [1.165, 1.54) is 60.7 Å². The first-order valence-corrected chi connectivity index (χ1v) is 29.7. The number of aliphatic carboxylic acids is 1. The number of carbonyl (C=O) groups excluding carboxylic acids is 2. The first-order valence-electron chi connectivity index (χ1n) is 28.2. The first kappa shape index (κ1) is 68.4. The van der Waals surface area contributed by atoms with Gasteiger partial charge in [0.15, 0.2) is 4.90 Å². The predicted octanol–water partition coefficient (Wildman–Crippen LogP) is 11.8. The van der Waals surface area contributed by atoms with Gasteiger partial charge in [-0.05, 0) is 152 Å². The van der Waals surface area contributed by atoms with Crippen molar-refractivity contribution >= 4 is 62.5 Å². The zero-order chi connectivity index (χ0) is 66.5. The van der Waals surface area contributed by atoms with Crippen molar-refractivity contribution in [2.45, 2.75) is 17.7 Å². The number of carbonyl (C=O) groups is 5. The number of nitro groups is 1. The summed E-state index contributed by atoms with van der Waals surface area (Å²) in [5.74, 6) is -0.00285. The minimum atomic E-state index is -4.16. The van der Waals surface area contributed by atoms with Gasteiger partial charge in [-0.2, -0.15) is 0 Å². The number of phenols is 1. The van der Waals surface area contributed by atoms with Gasteiger partial charge in [0.1, 0.15) is 85.6 Å². The molecule has 0 aromatic heterocycles. The number of nitrogens with one attached hydrogen (secondary N) is 3. The van der Waals surface area contributed by atoms with E-state index < -0.39 is 49.3 Å². The normalized spacial score (nSPS) is 10.5. The summed E-state index contributed by atoms with van der Waals surface area (Å²) < 4.78 is 66.4. The summed E-state index contributed by atoms with van der Waals surface area (Å²) in [5, 5.41) is 53.1. The number of carboxylic acid groups (broad SMARTS) is 3. The molecule has 0 bridgehead atoms. The van der Waals surface area contributed by atoms with E-state index in [0.29, 0.717) is 63.6 Å². The van der Waals surface area contributed by atoms with Crippen molar-refractivity contribution in [2.75, 3.05) is 62.1 Å². The van der Waals surface area contributed by atoms with Crippen LogP contribution in [0.3, 0.4) is 0 Å². The first-order chi connectivity index (χ1) is 44.9. The second-order valence-corrected chi connectivity index (χ2v) is 20.9. The molecule has 0 aliphatic heterocycles. The van der Waals surface area contributed by atoms with Crippen molar-refractivity contribution in [3.63, 3.8) is 0 Å². The molecule has 0 spiro atoms. The molecular weight excluding hydrogens is 1220 g/mol. The van der Waals surface area contributed by atoms with Crippen LogP contribution in [0.15, 0.2) is 223 Å². The third-order valence-electron chi connectivity index (χ3n) is 12.8. The molecule has 0 saturated heterocycles. The van der Waals surface area contributed by atoms with E-state index in [0.717, 1.165) is 17.7 Å². The van der Waals surface area contributed by atoms with Gasteiger partial charge in [0.25, 0.3) is 27.5 Å². The van der Waals surface area contributed by atoms with Crippen LogP contribution >= 0.6 is 0 Å². The molecule has 7 N–H and O–H groups in total. The van der Waals surface area contributed by atoms with Crippen LogP contribution < -0.4 is 48.5 Å². The van der Waals surface area contributed by atoms with Crippen molar-refractivity contribution in [3.8, 4) is 46.0 Å². The SMILES string of the molecule is COc1cccc(C(=O)Nc2ccccc2OCCOc2ccc(C(=O)O)cc2)c1.O=C(O)CCc1ccccc1OCCOc1ccc(NS(=O)(=O)c2ccccc2[N+](=O)[O-])cc1.O=C(O)c1ccc(OCCOc2ccccc2NC(=O)c2ccccc2O)cc1. The van der Waals surface area contributed by atoms with Gasteiger partial charge < -0.3 is 64.2 Å². The molecule has 9 aromatic carbocycles. The van der Waals surface area contributed by atoms with Crippen LogP contribution in [0.4, 0.5) is 22.7 Å². The van der Waals surface area contributed by atoms with Crippen molar-refractivity contribution in [1.29, 1.82) is 0 Å². The number of nitrogens with zero attached hydrogens (tertiary/aromatic N) is 1. The Balaban J connectivity index is 0.000000198. The highest BCUT2D eigenvalue weighted by Crippen LogP contribution is 2.30. The number of sulfonamides is 1.